The van der Waals surface area contributed by atoms with Crippen LogP contribution in [0, 0.1) is 0 Å². The fourth-order valence-corrected chi connectivity index (χ4v) is 4.80. The van der Waals surface area contributed by atoms with E-state index in [2.05, 4.69) is 44.2 Å². The summed E-state index contributed by atoms with van der Waals surface area (Å²) in [6, 6.07) is 17.8. The van der Waals surface area contributed by atoms with Gasteiger partial charge in [0.25, 0.3) is 0 Å². The molecule has 1 amide bonds. The van der Waals surface area contributed by atoms with Gasteiger partial charge in [0.2, 0.25) is 17.6 Å². The Kier molecular flexibility index (Phi) is 6.71. The SMILES string of the molecule is O=C([C@@H]1CCCN1Cc1ccccc1)N1CCN(Cc2nc(-c3ccc(Cl)cc3)no2)CC1. The second-order valence-corrected chi connectivity index (χ2v) is 9.17. The molecule has 3 aromatic rings. The Morgan fingerprint density at radius 3 is 2.48 bits per heavy atom. The molecule has 5 rings (SSSR count). The number of halogens is 1. The standard InChI is InChI=1S/C25H28ClN5O2/c26-21-10-8-20(9-11-21)24-27-23(33-28-24)18-29-13-15-30(16-14-29)25(32)22-7-4-12-31(22)17-19-5-2-1-3-6-19/h1-3,5-6,8-11,22H,4,7,12-18H2/t22-/m0/s1. The number of piperazine rings is 1. The average molecular weight is 466 g/mol. The first-order valence-corrected chi connectivity index (χ1v) is 11.9. The van der Waals surface area contributed by atoms with Crippen molar-refractivity contribution in [2.24, 2.45) is 0 Å². The molecule has 0 bridgehead atoms. The topological polar surface area (TPSA) is 65.7 Å². The van der Waals surface area contributed by atoms with E-state index in [1.807, 2.05) is 35.2 Å². The Morgan fingerprint density at radius 2 is 1.73 bits per heavy atom. The molecule has 7 nitrogen and oxygen atoms in total. The van der Waals surface area contributed by atoms with Gasteiger partial charge >= 0.3 is 0 Å². The third-order valence-corrected chi connectivity index (χ3v) is 6.74. The number of rotatable bonds is 6. The predicted octanol–water partition coefficient (Wildman–Crippen LogP) is 3.70. The van der Waals surface area contributed by atoms with E-state index in [0.717, 1.165) is 57.7 Å². The first kappa shape index (κ1) is 22.1. The van der Waals surface area contributed by atoms with Crippen LogP contribution in [0.25, 0.3) is 11.4 Å². The minimum Gasteiger partial charge on any atom is -0.339 e. The van der Waals surface area contributed by atoms with E-state index < -0.39 is 0 Å². The number of carbonyl (C=O) groups is 1. The van der Waals surface area contributed by atoms with E-state index in [9.17, 15) is 4.79 Å². The van der Waals surface area contributed by atoms with Crippen molar-refractivity contribution < 1.29 is 9.32 Å². The van der Waals surface area contributed by atoms with Crippen LogP contribution in [-0.4, -0.2) is 69.5 Å². The third kappa shape index (κ3) is 5.27. The molecular formula is C25H28ClN5O2. The molecular weight excluding hydrogens is 438 g/mol. The second-order valence-electron chi connectivity index (χ2n) is 8.73. The van der Waals surface area contributed by atoms with Crippen molar-refractivity contribution in [2.75, 3.05) is 32.7 Å². The van der Waals surface area contributed by atoms with E-state index >= 15 is 0 Å². The van der Waals surface area contributed by atoms with E-state index in [0.29, 0.717) is 23.3 Å². The van der Waals surface area contributed by atoms with Gasteiger partial charge in [-0.05, 0) is 49.2 Å². The summed E-state index contributed by atoms with van der Waals surface area (Å²) in [6.45, 7) is 5.47. The van der Waals surface area contributed by atoms with Gasteiger partial charge in [0.1, 0.15) is 0 Å². The fraction of sp³-hybridized carbons (Fsp3) is 0.400. The maximum absolute atomic E-state index is 13.3. The molecule has 1 atom stereocenters. The van der Waals surface area contributed by atoms with Crippen molar-refractivity contribution in [1.29, 1.82) is 0 Å². The molecule has 2 aliphatic rings. The molecule has 0 radical (unpaired) electrons. The molecule has 0 saturated carbocycles. The summed E-state index contributed by atoms with van der Waals surface area (Å²) in [4.78, 5) is 24.4. The van der Waals surface area contributed by atoms with Crippen molar-refractivity contribution in [3.05, 3.63) is 71.1 Å². The molecule has 0 aliphatic carbocycles. The number of benzene rings is 2. The van der Waals surface area contributed by atoms with Gasteiger partial charge < -0.3 is 9.42 Å². The Balaban J connectivity index is 1.13. The van der Waals surface area contributed by atoms with E-state index in [1.165, 1.54) is 5.56 Å². The van der Waals surface area contributed by atoms with Crippen LogP contribution in [0.3, 0.4) is 0 Å². The maximum Gasteiger partial charge on any atom is 0.241 e. The van der Waals surface area contributed by atoms with Crippen molar-refractivity contribution in [3.8, 4) is 11.4 Å². The molecule has 2 fully saturated rings. The first-order valence-electron chi connectivity index (χ1n) is 11.5. The monoisotopic (exact) mass is 465 g/mol. The molecule has 0 N–H and O–H groups in total. The van der Waals surface area contributed by atoms with Gasteiger partial charge in [0.15, 0.2) is 0 Å². The number of nitrogens with zero attached hydrogens (tertiary/aromatic N) is 5. The van der Waals surface area contributed by atoms with Crippen molar-refractivity contribution in [2.45, 2.75) is 32.0 Å². The van der Waals surface area contributed by atoms with Crippen LogP contribution in [-0.2, 0) is 17.9 Å². The lowest BCUT2D eigenvalue weighted by atomic mass is 10.1. The maximum atomic E-state index is 13.3. The minimum atomic E-state index is -0.00497. The van der Waals surface area contributed by atoms with Gasteiger partial charge in [0.05, 0.1) is 12.6 Å². The molecule has 1 aromatic heterocycles. The summed E-state index contributed by atoms with van der Waals surface area (Å²) in [7, 11) is 0. The number of amides is 1. The molecule has 8 heteroatoms. The zero-order chi connectivity index (χ0) is 22.6. The molecule has 0 spiro atoms. The Bertz CT molecular complexity index is 1060. The highest BCUT2D eigenvalue weighted by Crippen LogP contribution is 2.23. The number of hydrogen-bond acceptors (Lipinski definition) is 6. The lowest BCUT2D eigenvalue weighted by molar-refractivity contribution is -0.138. The molecule has 2 aliphatic heterocycles. The van der Waals surface area contributed by atoms with Crippen LogP contribution in [0.5, 0.6) is 0 Å². The van der Waals surface area contributed by atoms with Crippen LogP contribution in [0.15, 0.2) is 59.1 Å². The molecule has 2 saturated heterocycles. The quantitative estimate of drug-likeness (QED) is 0.553. The summed E-state index contributed by atoms with van der Waals surface area (Å²) in [5.41, 5.74) is 2.14. The van der Waals surface area contributed by atoms with Gasteiger partial charge in [0, 0.05) is 43.3 Å². The van der Waals surface area contributed by atoms with Gasteiger partial charge in [-0.3, -0.25) is 14.6 Å². The molecule has 3 heterocycles. The summed E-state index contributed by atoms with van der Waals surface area (Å²) in [5.74, 6) is 1.42. The number of likely N-dealkylation sites (tertiary alicyclic amines) is 1. The van der Waals surface area contributed by atoms with Crippen molar-refractivity contribution in [3.63, 3.8) is 0 Å². The van der Waals surface area contributed by atoms with Gasteiger partial charge in [-0.1, -0.05) is 47.1 Å². The minimum absolute atomic E-state index is 0.00497. The largest absolute Gasteiger partial charge is 0.339 e. The number of aromatic nitrogens is 2. The number of carbonyl (C=O) groups excluding carboxylic acids is 1. The highest BCUT2D eigenvalue weighted by Gasteiger charge is 2.34. The molecule has 0 unspecified atom stereocenters. The zero-order valence-electron chi connectivity index (χ0n) is 18.6. The van der Waals surface area contributed by atoms with Crippen LogP contribution >= 0.6 is 11.6 Å². The van der Waals surface area contributed by atoms with Gasteiger partial charge in [-0.2, -0.15) is 4.98 Å². The molecule has 2 aromatic carbocycles. The van der Waals surface area contributed by atoms with Crippen molar-refractivity contribution in [1.82, 2.24) is 24.8 Å². The highest BCUT2D eigenvalue weighted by atomic mass is 35.5. The lowest BCUT2D eigenvalue weighted by Gasteiger charge is -2.36. The fourth-order valence-electron chi connectivity index (χ4n) is 4.68. The van der Waals surface area contributed by atoms with Gasteiger partial charge in [-0.15, -0.1) is 0 Å². The second kappa shape index (κ2) is 10.0. The molecule has 172 valence electrons. The van der Waals surface area contributed by atoms with Crippen LogP contribution in [0.1, 0.15) is 24.3 Å². The smallest absolute Gasteiger partial charge is 0.241 e. The van der Waals surface area contributed by atoms with Crippen molar-refractivity contribution >= 4 is 17.5 Å². The summed E-state index contributed by atoms with van der Waals surface area (Å²) < 4.78 is 5.46. The zero-order valence-corrected chi connectivity index (χ0v) is 19.3. The first-order chi connectivity index (χ1) is 16.2. The van der Waals surface area contributed by atoms with Crippen LogP contribution in [0.2, 0.25) is 5.02 Å². The Morgan fingerprint density at radius 1 is 0.970 bits per heavy atom. The summed E-state index contributed by atoms with van der Waals surface area (Å²) >= 11 is 5.95. The Labute approximate surface area is 198 Å². The van der Waals surface area contributed by atoms with E-state index in [1.54, 1.807) is 0 Å². The molecule has 33 heavy (non-hydrogen) atoms. The van der Waals surface area contributed by atoms with Crippen LogP contribution in [0.4, 0.5) is 0 Å². The average Bonchev–Trinajstić information content (AvgIpc) is 3.50. The van der Waals surface area contributed by atoms with Crippen LogP contribution < -0.4 is 0 Å². The van der Waals surface area contributed by atoms with E-state index in [-0.39, 0.29) is 11.9 Å². The summed E-state index contributed by atoms with van der Waals surface area (Å²) in [5, 5.41) is 4.77. The van der Waals surface area contributed by atoms with Gasteiger partial charge in [-0.25, -0.2) is 0 Å². The lowest BCUT2D eigenvalue weighted by Crippen LogP contribution is -2.53. The third-order valence-electron chi connectivity index (χ3n) is 6.49. The predicted molar refractivity (Wildman–Crippen MR) is 126 cm³/mol. The van der Waals surface area contributed by atoms with E-state index in [4.69, 9.17) is 16.1 Å². The Hall–Kier alpha value is -2.74. The number of hydrogen-bond donors (Lipinski definition) is 0. The normalized spacial score (nSPS) is 19.8. The highest BCUT2D eigenvalue weighted by molar-refractivity contribution is 6.30. The summed E-state index contributed by atoms with van der Waals surface area (Å²) in [6.07, 6.45) is 2.03.